The maximum Gasteiger partial charge on any atom is 0.326 e. The van der Waals surface area contributed by atoms with Crippen molar-refractivity contribution in [2.24, 2.45) is 5.73 Å². The van der Waals surface area contributed by atoms with Crippen LogP contribution in [0.15, 0.2) is 15.2 Å². The molecule has 0 aliphatic heterocycles. The zero-order valence-electron chi connectivity index (χ0n) is 11.3. The number of carboxylic acids is 1. The van der Waals surface area contributed by atoms with Gasteiger partial charge in [0.1, 0.15) is 6.04 Å². The Labute approximate surface area is 134 Å². The Morgan fingerprint density at radius 3 is 2.67 bits per heavy atom. The highest BCUT2D eigenvalue weighted by Crippen LogP contribution is 2.21. The molecule has 116 valence electrons. The van der Waals surface area contributed by atoms with Crippen molar-refractivity contribution in [2.45, 2.75) is 25.4 Å². The van der Waals surface area contributed by atoms with Crippen LogP contribution < -0.4 is 11.1 Å². The molecule has 1 aromatic rings. The van der Waals surface area contributed by atoms with Gasteiger partial charge in [0.2, 0.25) is 5.91 Å². The van der Waals surface area contributed by atoms with E-state index in [1.54, 1.807) is 7.05 Å². The predicted molar refractivity (Wildman–Crippen MR) is 81.9 cm³/mol. The number of hydrogen-bond donors (Lipinski definition) is 3. The molecule has 4 N–H and O–H groups in total. The Balaban J connectivity index is 2.55. The summed E-state index contributed by atoms with van der Waals surface area (Å²) in [6, 6.07) is 0.229. The number of nitrogens with one attached hydrogen (secondary N) is 1. The van der Waals surface area contributed by atoms with E-state index in [1.165, 1.54) is 16.2 Å². The number of hydrogen-bond acceptors (Lipinski definition) is 4. The number of urea groups is 1. The molecule has 1 unspecified atom stereocenters. The topological polar surface area (TPSA) is 113 Å². The number of carbonyl (C=O) groups is 3. The second-order valence-electron chi connectivity index (χ2n) is 4.46. The van der Waals surface area contributed by atoms with Crippen LogP contribution in [0, 0.1) is 0 Å². The standard InChI is InChI=1S/C12H16BrN3O4S/c1-16(5-7-4-9(13)21-6-7)12(20)15-8(11(18)19)2-3-10(14)17/h4,6,8H,2-3,5H2,1H3,(H2,14,17)(H,15,20)(H,18,19). The molecule has 1 heterocycles. The maximum absolute atomic E-state index is 11.9. The fourth-order valence-electron chi connectivity index (χ4n) is 1.58. The summed E-state index contributed by atoms with van der Waals surface area (Å²) in [6.07, 6.45) is -0.132. The van der Waals surface area contributed by atoms with Gasteiger partial charge in [-0.15, -0.1) is 11.3 Å². The van der Waals surface area contributed by atoms with E-state index in [4.69, 9.17) is 10.8 Å². The van der Waals surface area contributed by atoms with Gasteiger partial charge in [0.25, 0.3) is 0 Å². The summed E-state index contributed by atoms with van der Waals surface area (Å²) in [5.74, 6) is -1.80. The zero-order valence-corrected chi connectivity index (χ0v) is 13.7. The van der Waals surface area contributed by atoms with Crippen molar-refractivity contribution < 1.29 is 19.5 Å². The van der Waals surface area contributed by atoms with E-state index in [-0.39, 0.29) is 12.8 Å². The minimum Gasteiger partial charge on any atom is -0.480 e. The molecule has 0 bridgehead atoms. The van der Waals surface area contributed by atoms with E-state index in [2.05, 4.69) is 21.2 Å². The third-order valence-corrected chi connectivity index (χ3v) is 4.22. The first-order valence-electron chi connectivity index (χ1n) is 6.05. The largest absolute Gasteiger partial charge is 0.480 e. The summed E-state index contributed by atoms with van der Waals surface area (Å²) >= 11 is 4.83. The van der Waals surface area contributed by atoms with Gasteiger partial charge in [-0.1, -0.05) is 0 Å². The van der Waals surface area contributed by atoms with Gasteiger partial charge >= 0.3 is 12.0 Å². The summed E-state index contributed by atoms with van der Waals surface area (Å²) in [5.41, 5.74) is 5.92. The Morgan fingerprint density at radius 2 is 2.19 bits per heavy atom. The third kappa shape index (κ3) is 6.13. The Bertz CT molecular complexity index is 534. The zero-order chi connectivity index (χ0) is 16.0. The number of halogens is 1. The smallest absolute Gasteiger partial charge is 0.326 e. The first-order chi connectivity index (χ1) is 9.79. The van der Waals surface area contributed by atoms with Crippen LogP contribution in [0.1, 0.15) is 18.4 Å². The number of carbonyl (C=O) groups excluding carboxylic acids is 2. The number of aliphatic carboxylic acids is 1. The van der Waals surface area contributed by atoms with Crippen LogP contribution in [-0.2, 0) is 16.1 Å². The van der Waals surface area contributed by atoms with Crippen LogP contribution in [0.5, 0.6) is 0 Å². The molecule has 0 spiro atoms. The Kier molecular flexibility index (Phi) is 6.63. The lowest BCUT2D eigenvalue weighted by Gasteiger charge is -2.20. The SMILES string of the molecule is CN(Cc1csc(Br)c1)C(=O)NC(CCC(N)=O)C(=O)O. The monoisotopic (exact) mass is 377 g/mol. The molecule has 21 heavy (non-hydrogen) atoms. The number of carboxylic acid groups (broad SMARTS) is 1. The molecule has 3 amide bonds. The van der Waals surface area contributed by atoms with Crippen LogP contribution in [0.4, 0.5) is 4.79 Å². The summed E-state index contributed by atoms with van der Waals surface area (Å²) in [4.78, 5) is 35.0. The Morgan fingerprint density at radius 1 is 1.52 bits per heavy atom. The average Bonchev–Trinajstić information content (AvgIpc) is 2.78. The highest BCUT2D eigenvalue weighted by molar-refractivity contribution is 9.11. The van der Waals surface area contributed by atoms with Crippen LogP contribution in [0.2, 0.25) is 0 Å². The van der Waals surface area contributed by atoms with Crippen molar-refractivity contribution in [3.05, 3.63) is 20.8 Å². The number of rotatable bonds is 7. The van der Waals surface area contributed by atoms with Crippen molar-refractivity contribution in [3.63, 3.8) is 0 Å². The van der Waals surface area contributed by atoms with Crippen LogP contribution in [-0.4, -0.2) is 41.0 Å². The number of nitrogens with two attached hydrogens (primary N) is 1. The van der Waals surface area contributed by atoms with Gasteiger partial charge in [-0.3, -0.25) is 4.79 Å². The molecule has 0 aliphatic rings. The predicted octanol–water partition coefficient (Wildman–Crippen LogP) is 1.37. The van der Waals surface area contributed by atoms with Gasteiger partial charge in [-0.25, -0.2) is 9.59 Å². The minimum absolute atomic E-state index is 0.0335. The highest BCUT2D eigenvalue weighted by atomic mass is 79.9. The molecule has 0 aliphatic carbocycles. The first kappa shape index (κ1) is 17.4. The number of primary amides is 1. The Hall–Kier alpha value is -1.61. The molecule has 0 aromatic carbocycles. The maximum atomic E-state index is 11.9. The fourth-order valence-corrected chi connectivity index (χ4v) is 2.78. The first-order valence-corrected chi connectivity index (χ1v) is 7.72. The van der Waals surface area contributed by atoms with Crippen molar-refractivity contribution in [1.29, 1.82) is 0 Å². The van der Waals surface area contributed by atoms with Crippen LogP contribution in [0.3, 0.4) is 0 Å². The van der Waals surface area contributed by atoms with E-state index in [1.807, 2.05) is 11.4 Å². The molecule has 0 saturated carbocycles. The van der Waals surface area contributed by atoms with Crippen LogP contribution >= 0.6 is 27.3 Å². The second-order valence-corrected chi connectivity index (χ2v) is 6.75. The molecule has 1 rings (SSSR count). The number of amides is 3. The second kappa shape index (κ2) is 7.99. The van der Waals surface area contributed by atoms with E-state index < -0.39 is 23.9 Å². The molecule has 9 heteroatoms. The van der Waals surface area contributed by atoms with Gasteiger partial charge in [0, 0.05) is 20.0 Å². The quantitative estimate of drug-likeness (QED) is 0.665. The van der Waals surface area contributed by atoms with E-state index in [9.17, 15) is 14.4 Å². The molecular formula is C12H16BrN3O4S. The van der Waals surface area contributed by atoms with Crippen molar-refractivity contribution in [2.75, 3.05) is 7.05 Å². The van der Waals surface area contributed by atoms with Crippen LogP contribution in [0.25, 0.3) is 0 Å². The lowest BCUT2D eigenvalue weighted by Crippen LogP contribution is -2.46. The number of nitrogens with zero attached hydrogens (tertiary/aromatic N) is 1. The van der Waals surface area contributed by atoms with E-state index in [0.717, 1.165) is 9.35 Å². The van der Waals surface area contributed by atoms with Gasteiger partial charge in [-0.05, 0) is 39.4 Å². The van der Waals surface area contributed by atoms with E-state index >= 15 is 0 Å². The van der Waals surface area contributed by atoms with Gasteiger partial charge < -0.3 is 21.1 Å². The molecule has 0 saturated heterocycles. The highest BCUT2D eigenvalue weighted by Gasteiger charge is 2.22. The molecule has 1 aromatic heterocycles. The van der Waals surface area contributed by atoms with Gasteiger partial charge in [0.05, 0.1) is 3.79 Å². The van der Waals surface area contributed by atoms with Gasteiger partial charge in [0.15, 0.2) is 0 Å². The van der Waals surface area contributed by atoms with Crippen molar-refractivity contribution >= 4 is 45.2 Å². The summed E-state index contributed by atoms with van der Waals surface area (Å²) in [5, 5.41) is 13.3. The molecule has 0 fully saturated rings. The average molecular weight is 378 g/mol. The van der Waals surface area contributed by atoms with Crippen molar-refractivity contribution in [3.8, 4) is 0 Å². The van der Waals surface area contributed by atoms with E-state index in [0.29, 0.717) is 6.54 Å². The third-order valence-electron chi connectivity index (χ3n) is 2.66. The number of thiophene rings is 1. The van der Waals surface area contributed by atoms with Gasteiger partial charge in [-0.2, -0.15) is 0 Å². The molecule has 0 radical (unpaired) electrons. The lowest BCUT2D eigenvalue weighted by atomic mass is 10.1. The lowest BCUT2D eigenvalue weighted by molar-refractivity contribution is -0.139. The fraction of sp³-hybridized carbons (Fsp3) is 0.417. The van der Waals surface area contributed by atoms with Crippen molar-refractivity contribution in [1.82, 2.24) is 10.2 Å². The normalized spacial score (nSPS) is 11.7. The summed E-state index contributed by atoms with van der Waals surface area (Å²) < 4.78 is 0.955. The molecule has 1 atom stereocenters. The summed E-state index contributed by atoms with van der Waals surface area (Å²) in [7, 11) is 1.56. The molecular weight excluding hydrogens is 362 g/mol. The summed E-state index contributed by atoms with van der Waals surface area (Å²) in [6.45, 7) is 0.357. The molecule has 7 nitrogen and oxygen atoms in total. The minimum atomic E-state index is -1.20.